The van der Waals surface area contributed by atoms with Gasteiger partial charge in [0.2, 0.25) is 11.8 Å². The Balaban J connectivity index is 1.52. The third-order valence-corrected chi connectivity index (χ3v) is 6.49. The average molecular weight is 599 g/mol. The molecule has 12 nitrogen and oxygen atoms in total. The Labute approximate surface area is 246 Å². The Morgan fingerprint density at radius 1 is 0.927 bits per heavy atom. The minimum absolute atomic E-state index is 0.0301. The maximum absolute atomic E-state index is 13.0. The maximum atomic E-state index is 13.0. The van der Waals surface area contributed by atoms with Gasteiger partial charge >= 0.3 is 12.1 Å². The van der Waals surface area contributed by atoms with Gasteiger partial charge in [-0.2, -0.15) is 10.1 Å². The first kappa shape index (κ1) is 29.4. The molecule has 2 aromatic heterocycles. The molecule has 14 heteroatoms. The zero-order valence-electron chi connectivity index (χ0n) is 22.9. The number of hydrogen-bond donors (Lipinski definition) is 4. The van der Waals surface area contributed by atoms with Crippen LogP contribution >= 0.6 is 23.2 Å². The van der Waals surface area contributed by atoms with Crippen LogP contribution in [0.25, 0.3) is 5.69 Å². The third-order valence-electron chi connectivity index (χ3n) is 5.63. The molecule has 0 atom stereocenters. The summed E-state index contributed by atoms with van der Waals surface area (Å²) in [6.07, 6.45) is 1.41. The summed E-state index contributed by atoms with van der Waals surface area (Å²) in [6.45, 7) is 6.09. The maximum Gasteiger partial charge on any atom is 0.324 e. The van der Waals surface area contributed by atoms with E-state index in [4.69, 9.17) is 37.8 Å². The third kappa shape index (κ3) is 7.16. The van der Waals surface area contributed by atoms with E-state index in [1.165, 1.54) is 31.4 Å². The second-order valence-corrected chi connectivity index (χ2v) is 10.4. The summed E-state index contributed by atoms with van der Waals surface area (Å²) in [5.74, 6) is 1.47. The SMILES string of the molecule is CNC(=O)Nc1nccc(Oc2ccc(NC(=O)Nc3cc(C(C)(C)C)nn3-c3ccc(OC)cc3)c(Cl)c2Cl)n1. The van der Waals surface area contributed by atoms with E-state index in [1.807, 2.05) is 51.1 Å². The standard InChI is InChI=1S/C27H28Cl2N8O4/c1-27(2,3)19-14-20(37(36-19)15-6-8-16(40-5)9-7-15)33-26(39)32-17-10-11-18(23(29)22(17)28)41-21-12-13-31-24(34-21)35-25(38)30-4/h6-14H,1-5H3,(H2,32,33,39)(H2,30,31,34,35,38). The fourth-order valence-corrected chi connectivity index (χ4v) is 3.88. The molecule has 214 valence electrons. The number of methoxy groups -OCH3 is 1. The lowest BCUT2D eigenvalue weighted by Crippen LogP contribution is -2.25. The van der Waals surface area contributed by atoms with Crippen molar-refractivity contribution in [3.05, 3.63) is 70.5 Å². The largest absolute Gasteiger partial charge is 0.497 e. The fourth-order valence-electron chi connectivity index (χ4n) is 3.47. The molecule has 0 fully saturated rings. The number of benzene rings is 2. The van der Waals surface area contributed by atoms with Crippen molar-refractivity contribution < 1.29 is 19.1 Å². The molecule has 0 aliphatic heterocycles. The lowest BCUT2D eigenvalue weighted by atomic mass is 9.92. The summed E-state index contributed by atoms with van der Waals surface area (Å²) in [5.41, 5.74) is 1.50. The van der Waals surface area contributed by atoms with Crippen LogP contribution in [-0.2, 0) is 5.41 Å². The Morgan fingerprint density at radius 3 is 2.32 bits per heavy atom. The Morgan fingerprint density at radius 2 is 1.66 bits per heavy atom. The Bertz CT molecular complexity index is 1570. The second kappa shape index (κ2) is 12.3. The lowest BCUT2D eigenvalue weighted by molar-refractivity contribution is 0.253. The second-order valence-electron chi connectivity index (χ2n) is 9.62. The highest BCUT2D eigenvalue weighted by Gasteiger charge is 2.22. The van der Waals surface area contributed by atoms with Crippen LogP contribution in [-0.4, -0.2) is 46.0 Å². The van der Waals surface area contributed by atoms with Gasteiger partial charge in [-0.1, -0.05) is 44.0 Å². The van der Waals surface area contributed by atoms with E-state index in [2.05, 4.69) is 31.2 Å². The molecule has 0 saturated carbocycles. The number of carbonyl (C=O) groups excluding carboxylic acids is 2. The highest BCUT2D eigenvalue weighted by molar-refractivity contribution is 6.45. The molecular formula is C27H28Cl2N8O4. The smallest absolute Gasteiger partial charge is 0.324 e. The molecule has 2 heterocycles. The van der Waals surface area contributed by atoms with Gasteiger partial charge in [0, 0.05) is 30.8 Å². The monoisotopic (exact) mass is 598 g/mol. The Kier molecular flexibility index (Phi) is 8.84. The van der Waals surface area contributed by atoms with Crippen molar-refractivity contribution in [2.75, 3.05) is 30.1 Å². The van der Waals surface area contributed by atoms with Gasteiger partial charge in [0.25, 0.3) is 0 Å². The van der Waals surface area contributed by atoms with Crippen molar-refractivity contribution in [1.29, 1.82) is 0 Å². The molecule has 41 heavy (non-hydrogen) atoms. The van der Waals surface area contributed by atoms with E-state index in [9.17, 15) is 9.59 Å². The van der Waals surface area contributed by atoms with E-state index < -0.39 is 12.1 Å². The number of nitrogens with one attached hydrogen (secondary N) is 4. The minimum Gasteiger partial charge on any atom is -0.497 e. The van der Waals surface area contributed by atoms with Crippen LogP contribution in [0.2, 0.25) is 10.0 Å². The van der Waals surface area contributed by atoms with Crippen LogP contribution in [0.4, 0.5) is 27.0 Å². The van der Waals surface area contributed by atoms with Crippen molar-refractivity contribution in [1.82, 2.24) is 25.1 Å². The Hall–Kier alpha value is -4.55. The lowest BCUT2D eigenvalue weighted by Gasteiger charge is -2.14. The van der Waals surface area contributed by atoms with E-state index in [-0.39, 0.29) is 38.7 Å². The minimum atomic E-state index is -0.563. The number of rotatable bonds is 7. The van der Waals surface area contributed by atoms with Crippen LogP contribution in [0, 0.1) is 0 Å². The molecular weight excluding hydrogens is 571 g/mol. The van der Waals surface area contributed by atoms with Crippen molar-refractivity contribution in [3.63, 3.8) is 0 Å². The van der Waals surface area contributed by atoms with E-state index >= 15 is 0 Å². The highest BCUT2D eigenvalue weighted by Crippen LogP contribution is 2.39. The molecule has 0 aliphatic rings. The highest BCUT2D eigenvalue weighted by atomic mass is 35.5. The van der Waals surface area contributed by atoms with Crippen LogP contribution in [0.5, 0.6) is 17.4 Å². The van der Waals surface area contributed by atoms with E-state index in [0.29, 0.717) is 11.6 Å². The molecule has 0 saturated heterocycles. The quantitative estimate of drug-likeness (QED) is 0.191. The van der Waals surface area contributed by atoms with Crippen LogP contribution in [0.3, 0.4) is 0 Å². The molecule has 4 N–H and O–H groups in total. The van der Waals surface area contributed by atoms with Gasteiger partial charge in [-0.05, 0) is 36.4 Å². The van der Waals surface area contributed by atoms with Crippen LogP contribution in [0.1, 0.15) is 26.5 Å². The zero-order chi connectivity index (χ0) is 29.7. The van der Waals surface area contributed by atoms with Gasteiger partial charge in [0.15, 0.2) is 0 Å². The number of halogens is 2. The molecule has 0 bridgehead atoms. The number of ether oxygens (including phenoxy) is 2. The number of anilines is 3. The number of amides is 4. The first-order valence-corrected chi connectivity index (χ1v) is 13.0. The summed E-state index contributed by atoms with van der Waals surface area (Å²) in [6, 6.07) is 12.6. The topological polar surface area (TPSA) is 144 Å². The first-order valence-electron chi connectivity index (χ1n) is 12.3. The fraction of sp³-hybridized carbons (Fsp3) is 0.222. The van der Waals surface area contributed by atoms with Crippen molar-refractivity contribution in [2.45, 2.75) is 26.2 Å². The number of carbonyl (C=O) groups is 2. The summed E-state index contributed by atoms with van der Waals surface area (Å²) in [4.78, 5) is 32.6. The molecule has 0 aliphatic carbocycles. The van der Waals surface area contributed by atoms with Gasteiger partial charge in [-0.25, -0.2) is 19.3 Å². The van der Waals surface area contributed by atoms with E-state index in [0.717, 1.165) is 11.4 Å². The molecule has 4 aromatic rings. The van der Waals surface area contributed by atoms with Gasteiger partial charge in [0.05, 0.1) is 29.2 Å². The number of aromatic nitrogens is 4. The van der Waals surface area contributed by atoms with Gasteiger partial charge < -0.3 is 20.1 Å². The number of nitrogens with zero attached hydrogens (tertiary/aromatic N) is 4. The summed E-state index contributed by atoms with van der Waals surface area (Å²) >= 11 is 12.9. The van der Waals surface area contributed by atoms with Crippen molar-refractivity contribution in [2.24, 2.45) is 0 Å². The summed E-state index contributed by atoms with van der Waals surface area (Å²) in [7, 11) is 3.05. The molecule has 0 radical (unpaired) electrons. The van der Waals surface area contributed by atoms with Crippen LogP contribution in [0.15, 0.2) is 54.7 Å². The normalized spacial score (nSPS) is 11.0. The van der Waals surface area contributed by atoms with Crippen molar-refractivity contribution in [3.8, 4) is 23.1 Å². The van der Waals surface area contributed by atoms with Crippen LogP contribution < -0.4 is 30.7 Å². The predicted octanol–water partition coefficient (Wildman–Crippen LogP) is 6.46. The first-order chi connectivity index (χ1) is 19.5. The average Bonchev–Trinajstić information content (AvgIpc) is 3.37. The zero-order valence-corrected chi connectivity index (χ0v) is 24.4. The molecule has 0 spiro atoms. The molecule has 4 rings (SSSR count). The number of hydrogen-bond acceptors (Lipinski definition) is 7. The summed E-state index contributed by atoms with van der Waals surface area (Å²) < 4.78 is 12.6. The summed E-state index contributed by atoms with van der Waals surface area (Å²) in [5, 5.41) is 15.2. The molecule has 4 amide bonds. The number of urea groups is 2. The van der Waals surface area contributed by atoms with Crippen molar-refractivity contribution >= 4 is 52.7 Å². The predicted molar refractivity (Wildman–Crippen MR) is 158 cm³/mol. The van der Waals surface area contributed by atoms with Gasteiger partial charge in [-0.3, -0.25) is 10.6 Å². The molecule has 0 unspecified atom stereocenters. The molecule has 2 aromatic carbocycles. The van der Waals surface area contributed by atoms with Gasteiger partial charge in [0.1, 0.15) is 22.3 Å². The van der Waals surface area contributed by atoms with Gasteiger partial charge in [-0.15, -0.1) is 0 Å². The van der Waals surface area contributed by atoms with E-state index in [1.54, 1.807) is 11.8 Å².